The van der Waals surface area contributed by atoms with E-state index in [1.54, 1.807) is 24.3 Å². The maximum atomic E-state index is 12.2. The van der Waals surface area contributed by atoms with Crippen LogP contribution in [-0.4, -0.2) is 21.8 Å². The monoisotopic (exact) mass is 482 g/mol. The molecule has 0 spiro atoms. The summed E-state index contributed by atoms with van der Waals surface area (Å²) in [7, 11) is 0. The SMILES string of the molecule is Cc1sc2nc(CC(=O)NNC(=O)c3ccc(I)cc3)[nH]c(=O)c2c1C. The number of thiophene rings is 1. The molecule has 0 fully saturated rings. The van der Waals surface area contributed by atoms with Gasteiger partial charge >= 0.3 is 0 Å². The van der Waals surface area contributed by atoms with Crippen molar-refractivity contribution in [1.82, 2.24) is 20.8 Å². The molecule has 0 unspecified atom stereocenters. The second-order valence-electron chi connectivity index (χ2n) is 5.66. The number of carbonyl (C=O) groups excluding carboxylic acids is 2. The number of fused-ring (bicyclic) bond motifs is 1. The van der Waals surface area contributed by atoms with Crippen molar-refractivity contribution in [1.29, 1.82) is 0 Å². The number of aromatic amines is 1. The summed E-state index contributed by atoms with van der Waals surface area (Å²) < 4.78 is 1.01. The van der Waals surface area contributed by atoms with Crippen LogP contribution >= 0.6 is 33.9 Å². The smallest absolute Gasteiger partial charge is 0.269 e. The predicted octanol–water partition coefficient (Wildman–Crippen LogP) is 2.21. The summed E-state index contributed by atoms with van der Waals surface area (Å²) in [5.74, 6) is -0.641. The molecule has 134 valence electrons. The highest BCUT2D eigenvalue weighted by Gasteiger charge is 2.14. The zero-order chi connectivity index (χ0) is 18.8. The summed E-state index contributed by atoms with van der Waals surface area (Å²) >= 11 is 3.56. The van der Waals surface area contributed by atoms with Gasteiger partial charge in [-0.25, -0.2) is 4.98 Å². The third-order valence-corrected chi connectivity index (χ3v) is 5.66. The van der Waals surface area contributed by atoms with E-state index in [4.69, 9.17) is 0 Å². The summed E-state index contributed by atoms with van der Waals surface area (Å²) in [5, 5.41) is 0.559. The van der Waals surface area contributed by atoms with E-state index in [1.165, 1.54) is 11.3 Å². The van der Waals surface area contributed by atoms with Crippen LogP contribution < -0.4 is 16.4 Å². The topological polar surface area (TPSA) is 104 Å². The van der Waals surface area contributed by atoms with E-state index in [1.807, 2.05) is 13.8 Å². The fourth-order valence-electron chi connectivity index (χ4n) is 2.38. The summed E-state index contributed by atoms with van der Waals surface area (Å²) in [6.45, 7) is 3.80. The molecule has 7 nitrogen and oxygen atoms in total. The van der Waals surface area contributed by atoms with Crippen LogP contribution in [-0.2, 0) is 11.2 Å². The van der Waals surface area contributed by atoms with Crippen LogP contribution in [0.5, 0.6) is 0 Å². The Kier molecular flexibility index (Phi) is 5.37. The van der Waals surface area contributed by atoms with Crippen LogP contribution in [0.2, 0.25) is 0 Å². The number of carbonyl (C=O) groups is 2. The van der Waals surface area contributed by atoms with Gasteiger partial charge in [0, 0.05) is 14.0 Å². The molecular weight excluding hydrogens is 467 g/mol. The average Bonchev–Trinajstić information content (AvgIpc) is 2.88. The van der Waals surface area contributed by atoms with Gasteiger partial charge in [0.05, 0.1) is 11.8 Å². The molecule has 1 aromatic carbocycles. The fraction of sp³-hybridized carbons (Fsp3) is 0.176. The van der Waals surface area contributed by atoms with Gasteiger partial charge in [-0.3, -0.25) is 25.2 Å². The van der Waals surface area contributed by atoms with Crippen LogP contribution in [0.1, 0.15) is 26.6 Å². The van der Waals surface area contributed by atoms with Crippen molar-refractivity contribution in [3.8, 4) is 0 Å². The molecular formula is C17H15IN4O3S. The summed E-state index contributed by atoms with van der Waals surface area (Å²) in [6.07, 6.45) is -0.145. The molecule has 0 aliphatic rings. The minimum absolute atomic E-state index is 0.145. The second kappa shape index (κ2) is 7.54. The van der Waals surface area contributed by atoms with Gasteiger partial charge in [0.2, 0.25) is 5.91 Å². The molecule has 9 heteroatoms. The predicted molar refractivity (Wildman–Crippen MR) is 108 cm³/mol. The molecule has 2 aromatic heterocycles. The van der Waals surface area contributed by atoms with Crippen LogP contribution in [0.3, 0.4) is 0 Å². The number of rotatable bonds is 3. The van der Waals surface area contributed by atoms with Crippen molar-refractivity contribution < 1.29 is 9.59 Å². The van der Waals surface area contributed by atoms with E-state index in [2.05, 4.69) is 43.4 Å². The zero-order valence-corrected chi connectivity index (χ0v) is 16.9. The first-order chi connectivity index (χ1) is 12.3. The summed E-state index contributed by atoms with van der Waals surface area (Å²) in [6, 6.07) is 6.92. The van der Waals surface area contributed by atoms with Gasteiger partial charge in [-0.05, 0) is 66.3 Å². The van der Waals surface area contributed by atoms with Crippen LogP contribution in [0, 0.1) is 17.4 Å². The first-order valence-corrected chi connectivity index (χ1v) is 9.58. The lowest BCUT2D eigenvalue weighted by Gasteiger charge is -2.07. The molecule has 0 saturated heterocycles. The molecule has 3 rings (SSSR count). The second-order valence-corrected chi connectivity index (χ2v) is 8.11. The van der Waals surface area contributed by atoms with E-state index in [9.17, 15) is 14.4 Å². The van der Waals surface area contributed by atoms with Gasteiger partial charge in [-0.2, -0.15) is 0 Å². The van der Waals surface area contributed by atoms with Gasteiger partial charge in [-0.15, -0.1) is 11.3 Å². The highest BCUT2D eigenvalue weighted by atomic mass is 127. The molecule has 0 atom stereocenters. The number of H-pyrrole nitrogens is 1. The van der Waals surface area contributed by atoms with E-state index in [-0.39, 0.29) is 17.8 Å². The van der Waals surface area contributed by atoms with Crippen LogP contribution in [0.4, 0.5) is 0 Å². The Morgan fingerprint density at radius 1 is 1.19 bits per heavy atom. The molecule has 2 amide bonds. The lowest BCUT2D eigenvalue weighted by atomic mass is 10.2. The Morgan fingerprint density at radius 2 is 1.88 bits per heavy atom. The Labute approximate surface area is 166 Å². The first kappa shape index (κ1) is 18.5. The number of halogens is 1. The number of nitrogens with zero attached hydrogens (tertiary/aromatic N) is 1. The third-order valence-electron chi connectivity index (χ3n) is 3.84. The number of hydrogen-bond acceptors (Lipinski definition) is 5. The number of aryl methyl sites for hydroxylation is 2. The zero-order valence-electron chi connectivity index (χ0n) is 14.0. The number of hydrogen-bond donors (Lipinski definition) is 3. The van der Waals surface area contributed by atoms with Crippen molar-refractivity contribution in [2.45, 2.75) is 20.3 Å². The highest BCUT2D eigenvalue weighted by Crippen LogP contribution is 2.25. The summed E-state index contributed by atoms with van der Waals surface area (Å²) in [5.41, 5.74) is 5.75. The van der Waals surface area contributed by atoms with Crippen LogP contribution in [0.15, 0.2) is 29.1 Å². The maximum absolute atomic E-state index is 12.2. The van der Waals surface area contributed by atoms with Crippen molar-refractivity contribution in [3.63, 3.8) is 0 Å². The van der Waals surface area contributed by atoms with E-state index < -0.39 is 11.8 Å². The van der Waals surface area contributed by atoms with E-state index in [0.717, 1.165) is 14.0 Å². The lowest BCUT2D eigenvalue weighted by molar-refractivity contribution is -0.121. The normalized spacial score (nSPS) is 10.7. The number of amides is 2. The number of aromatic nitrogens is 2. The number of benzene rings is 1. The molecule has 0 saturated carbocycles. The fourth-order valence-corrected chi connectivity index (χ4v) is 3.79. The first-order valence-electron chi connectivity index (χ1n) is 7.69. The summed E-state index contributed by atoms with van der Waals surface area (Å²) in [4.78, 5) is 44.8. The molecule has 0 radical (unpaired) electrons. The Morgan fingerprint density at radius 3 is 2.58 bits per heavy atom. The quantitative estimate of drug-likeness (QED) is 0.394. The van der Waals surface area contributed by atoms with Crippen molar-refractivity contribution in [2.75, 3.05) is 0 Å². The van der Waals surface area contributed by atoms with Gasteiger partial charge < -0.3 is 4.98 Å². The van der Waals surface area contributed by atoms with Crippen LogP contribution in [0.25, 0.3) is 10.2 Å². The van der Waals surface area contributed by atoms with Crippen molar-refractivity contribution in [3.05, 3.63) is 60.0 Å². The Hall–Kier alpha value is -2.27. The van der Waals surface area contributed by atoms with Crippen molar-refractivity contribution >= 4 is 56.0 Å². The van der Waals surface area contributed by atoms with Gasteiger partial charge in [0.15, 0.2) is 0 Å². The minimum atomic E-state index is -0.476. The Bertz CT molecular complexity index is 1060. The molecule has 2 heterocycles. The van der Waals surface area contributed by atoms with Gasteiger partial charge in [0.1, 0.15) is 10.7 Å². The maximum Gasteiger partial charge on any atom is 0.269 e. The minimum Gasteiger partial charge on any atom is -0.309 e. The standard InChI is InChI=1S/C17H15IN4O3S/c1-8-9(2)26-17-14(8)16(25)19-12(20-17)7-13(23)21-22-15(24)10-3-5-11(18)6-4-10/h3-6H,7H2,1-2H3,(H,21,23)(H,22,24)(H,19,20,25). The molecule has 26 heavy (non-hydrogen) atoms. The largest absolute Gasteiger partial charge is 0.309 e. The van der Waals surface area contributed by atoms with E-state index >= 15 is 0 Å². The lowest BCUT2D eigenvalue weighted by Crippen LogP contribution is -2.42. The molecule has 0 bridgehead atoms. The Balaban J connectivity index is 1.66. The average molecular weight is 482 g/mol. The molecule has 0 aliphatic carbocycles. The molecule has 0 aliphatic heterocycles. The number of nitrogens with one attached hydrogen (secondary N) is 3. The molecule has 3 aromatic rings. The number of hydrazine groups is 1. The van der Waals surface area contributed by atoms with Crippen molar-refractivity contribution in [2.24, 2.45) is 0 Å². The van der Waals surface area contributed by atoms with E-state index in [0.29, 0.717) is 15.8 Å². The van der Waals surface area contributed by atoms with Gasteiger partial charge in [0.25, 0.3) is 11.5 Å². The third kappa shape index (κ3) is 3.93. The highest BCUT2D eigenvalue weighted by molar-refractivity contribution is 14.1. The van der Waals surface area contributed by atoms with Gasteiger partial charge in [-0.1, -0.05) is 0 Å². The molecule has 3 N–H and O–H groups in total.